The van der Waals surface area contributed by atoms with Crippen molar-refractivity contribution < 1.29 is 4.79 Å². The first-order valence-electron chi connectivity index (χ1n) is 13.3. The summed E-state index contributed by atoms with van der Waals surface area (Å²) in [6.45, 7) is 2.09. The first-order chi connectivity index (χ1) is 19.1. The quantitative estimate of drug-likeness (QED) is 0.238. The maximum Gasteiger partial charge on any atom is 0.227 e. The molecule has 6 aromatic rings. The molecular formula is C31H27N7O. The van der Waals surface area contributed by atoms with Crippen molar-refractivity contribution in [1.82, 2.24) is 30.1 Å². The summed E-state index contributed by atoms with van der Waals surface area (Å²) in [5, 5.41) is 10.7. The Morgan fingerprint density at radius 3 is 2.64 bits per heavy atom. The van der Waals surface area contributed by atoms with Gasteiger partial charge in [-0.15, -0.1) is 0 Å². The molecule has 1 aliphatic rings. The van der Waals surface area contributed by atoms with Gasteiger partial charge in [-0.1, -0.05) is 54.8 Å². The van der Waals surface area contributed by atoms with E-state index in [9.17, 15) is 4.79 Å². The van der Waals surface area contributed by atoms with Gasteiger partial charge in [0.05, 0.1) is 34.1 Å². The van der Waals surface area contributed by atoms with Crippen LogP contribution >= 0.6 is 0 Å². The maximum atomic E-state index is 12.6. The molecule has 1 fully saturated rings. The number of amides is 1. The summed E-state index contributed by atoms with van der Waals surface area (Å²) in [6, 6.07) is 20.4. The topological polar surface area (TPSA) is 112 Å². The number of nitrogens with zero attached hydrogens (tertiary/aromatic N) is 4. The van der Waals surface area contributed by atoms with Crippen LogP contribution in [0, 0.1) is 12.8 Å². The molecule has 0 saturated heterocycles. The van der Waals surface area contributed by atoms with E-state index in [0.717, 1.165) is 64.6 Å². The van der Waals surface area contributed by atoms with E-state index in [4.69, 9.17) is 9.97 Å². The Labute approximate surface area is 224 Å². The van der Waals surface area contributed by atoms with Gasteiger partial charge in [0.2, 0.25) is 5.91 Å². The summed E-state index contributed by atoms with van der Waals surface area (Å²) in [5.41, 5.74) is 9.63. The highest BCUT2D eigenvalue weighted by molar-refractivity contribution is 5.97. The Balaban J connectivity index is 1.25. The lowest BCUT2D eigenvalue weighted by atomic mass is 10.0. The van der Waals surface area contributed by atoms with Crippen LogP contribution in [0.3, 0.4) is 0 Å². The summed E-state index contributed by atoms with van der Waals surface area (Å²) in [6.07, 6.45) is 7.58. The largest absolute Gasteiger partial charge is 0.336 e. The Morgan fingerprint density at radius 2 is 1.77 bits per heavy atom. The molecule has 0 radical (unpaired) electrons. The van der Waals surface area contributed by atoms with E-state index in [1.807, 2.05) is 30.3 Å². The summed E-state index contributed by atoms with van der Waals surface area (Å²) in [5.74, 6) is 0.811. The predicted octanol–water partition coefficient (Wildman–Crippen LogP) is 6.67. The minimum Gasteiger partial charge on any atom is -0.336 e. The summed E-state index contributed by atoms with van der Waals surface area (Å²) >= 11 is 0. The zero-order chi connectivity index (χ0) is 26.3. The highest BCUT2D eigenvalue weighted by Crippen LogP contribution is 2.32. The second-order valence-electron chi connectivity index (χ2n) is 10.3. The molecule has 192 valence electrons. The van der Waals surface area contributed by atoms with Crippen molar-refractivity contribution in [1.29, 1.82) is 0 Å². The monoisotopic (exact) mass is 513 g/mol. The summed E-state index contributed by atoms with van der Waals surface area (Å²) < 4.78 is 0. The number of H-pyrrole nitrogens is 2. The molecule has 0 aliphatic heterocycles. The number of nitrogens with one attached hydrogen (secondary N) is 3. The zero-order valence-electron chi connectivity index (χ0n) is 21.5. The first-order valence-corrected chi connectivity index (χ1v) is 13.3. The van der Waals surface area contributed by atoms with Gasteiger partial charge < -0.3 is 10.3 Å². The fraction of sp³-hybridized carbons (Fsp3) is 0.194. The number of carbonyl (C=O) groups excluding carboxylic acids is 1. The smallest absolute Gasteiger partial charge is 0.227 e. The minimum atomic E-state index is 0.0712. The molecule has 0 spiro atoms. The number of para-hydroxylation sites is 1. The number of hydrogen-bond acceptors (Lipinski definition) is 5. The van der Waals surface area contributed by atoms with E-state index in [2.05, 4.69) is 62.7 Å². The molecule has 0 atom stereocenters. The third kappa shape index (κ3) is 4.33. The van der Waals surface area contributed by atoms with E-state index < -0.39 is 0 Å². The number of anilines is 1. The van der Waals surface area contributed by atoms with Crippen molar-refractivity contribution in [3.63, 3.8) is 0 Å². The highest BCUT2D eigenvalue weighted by atomic mass is 16.1. The Bertz CT molecular complexity index is 1850. The Hall–Kier alpha value is -4.85. The number of aromatic nitrogens is 6. The predicted molar refractivity (Wildman–Crippen MR) is 153 cm³/mol. The number of benzene rings is 2. The van der Waals surface area contributed by atoms with Gasteiger partial charge in [0.25, 0.3) is 0 Å². The molecule has 0 bridgehead atoms. The third-order valence-electron chi connectivity index (χ3n) is 7.50. The number of fused-ring (bicyclic) bond motifs is 2. The van der Waals surface area contributed by atoms with E-state index in [1.54, 1.807) is 12.4 Å². The van der Waals surface area contributed by atoms with E-state index >= 15 is 0 Å². The van der Waals surface area contributed by atoms with Crippen molar-refractivity contribution >= 4 is 33.7 Å². The molecule has 4 aromatic heterocycles. The molecule has 8 heteroatoms. The second-order valence-corrected chi connectivity index (χ2v) is 10.3. The van der Waals surface area contributed by atoms with Gasteiger partial charge in [-0.05, 0) is 49.6 Å². The normalized spacial score (nSPS) is 13.9. The lowest BCUT2D eigenvalue weighted by Gasteiger charge is -2.11. The van der Waals surface area contributed by atoms with Crippen molar-refractivity contribution in [3.8, 4) is 33.9 Å². The van der Waals surface area contributed by atoms with Gasteiger partial charge in [0, 0.05) is 23.2 Å². The Morgan fingerprint density at radius 1 is 0.897 bits per heavy atom. The number of imidazole rings is 1. The molecule has 4 heterocycles. The second kappa shape index (κ2) is 9.47. The molecular weight excluding hydrogens is 486 g/mol. The van der Waals surface area contributed by atoms with Crippen molar-refractivity contribution in [3.05, 3.63) is 78.6 Å². The standard InChI is InChI=1S/C31H27N7O/c1-18-6-4-9-20(14-18)23-10-5-11-25-27(23)36-30(35-25)29-28-26(37-38-29)13-12-24(34-28)21-15-22(17-32-16-21)33-31(39)19-7-2-3-8-19/h4-6,9-17,19H,2-3,7-8H2,1H3,(H,33,39)(H,35,36)(H,37,38). The number of aryl methyl sites for hydroxylation is 1. The molecule has 8 nitrogen and oxygen atoms in total. The average Bonchev–Trinajstić information content (AvgIpc) is 3.72. The molecule has 39 heavy (non-hydrogen) atoms. The molecule has 1 amide bonds. The van der Waals surface area contributed by atoms with Crippen LogP contribution in [-0.4, -0.2) is 36.0 Å². The molecule has 1 saturated carbocycles. The molecule has 1 aliphatic carbocycles. The number of pyridine rings is 2. The van der Waals surface area contributed by atoms with Gasteiger partial charge in [0.15, 0.2) is 11.5 Å². The van der Waals surface area contributed by atoms with E-state index in [1.165, 1.54) is 5.56 Å². The van der Waals surface area contributed by atoms with Gasteiger partial charge in [-0.3, -0.25) is 14.9 Å². The minimum absolute atomic E-state index is 0.0712. The molecule has 7 rings (SSSR count). The van der Waals surface area contributed by atoms with Gasteiger partial charge in [-0.2, -0.15) is 5.10 Å². The number of aromatic amines is 2. The van der Waals surface area contributed by atoms with Crippen molar-refractivity contribution in [2.24, 2.45) is 5.92 Å². The third-order valence-corrected chi connectivity index (χ3v) is 7.50. The number of rotatable bonds is 5. The van der Waals surface area contributed by atoms with Crippen LogP contribution in [0.4, 0.5) is 5.69 Å². The van der Waals surface area contributed by atoms with Gasteiger partial charge in [-0.25, -0.2) is 9.97 Å². The molecule has 2 aromatic carbocycles. The van der Waals surface area contributed by atoms with Gasteiger partial charge in [0.1, 0.15) is 5.52 Å². The van der Waals surface area contributed by atoms with Crippen LogP contribution < -0.4 is 5.32 Å². The highest BCUT2D eigenvalue weighted by Gasteiger charge is 2.23. The van der Waals surface area contributed by atoms with E-state index in [0.29, 0.717) is 22.7 Å². The lowest BCUT2D eigenvalue weighted by molar-refractivity contribution is -0.119. The zero-order valence-corrected chi connectivity index (χ0v) is 21.5. The average molecular weight is 514 g/mol. The van der Waals surface area contributed by atoms with Crippen LogP contribution in [0.25, 0.3) is 56.0 Å². The van der Waals surface area contributed by atoms with Crippen LogP contribution in [0.15, 0.2) is 73.1 Å². The van der Waals surface area contributed by atoms with E-state index in [-0.39, 0.29) is 11.8 Å². The summed E-state index contributed by atoms with van der Waals surface area (Å²) in [7, 11) is 0. The maximum absolute atomic E-state index is 12.6. The van der Waals surface area contributed by atoms with Crippen molar-refractivity contribution in [2.75, 3.05) is 5.32 Å². The molecule has 3 N–H and O–H groups in total. The van der Waals surface area contributed by atoms with Crippen LogP contribution in [-0.2, 0) is 4.79 Å². The Kier molecular flexibility index (Phi) is 5.65. The van der Waals surface area contributed by atoms with Crippen LogP contribution in [0.1, 0.15) is 31.2 Å². The fourth-order valence-corrected chi connectivity index (χ4v) is 5.50. The first kappa shape index (κ1) is 23.3. The SMILES string of the molecule is Cc1cccc(-c2cccc3[nH]c(-c4n[nH]c5ccc(-c6cncc(NC(=O)C7CCCC7)c6)nc45)nc23)c1. The number of carbonyl (C=O) groups is 1. The summed E-state index contributed by atoms with van der Waals surface area (Å²) in [4.78, 5) is 30.3. The van der Waals surface area contributed by atoms with Crippen LogP contribution in [0.5, 0.6) is 0 Å². The number of hydrogen-bond donors (Lipinski definition) is 3. The van der Waals surface area contributed by atoms with Gasteiger partial charge >= 0.3 is 0 Å². The van der Waals surface area contributed by atoms with Crippen molar-refractivity contribution in [2.45, 2.75) is 32.6 Å². The van der Waals surface area contributed by atoms with Crippen LogP contribution in [0.2, 0.25) is 0 Å². The molecule has 0 unspecified atom stereocenters. The lowest BCUT2D eigenvalue weighted by Crippen LogP contribution is -2.20. The fourth-order valence-electron chi connectivity index (χ4n) is 5.50.